The minimum Gasteiger partial charge on any atom is -0.497 e. The van der Waals surface area contributed by atoms with Crippen LogP contribution in [0.3, 0.4) is 0 Å². The maximum atomic E-state index is 13.5. The van der Waals surface area contributed by atoms with E-state index in [2.05, 4.69) is 51.2 Å². The summed E-state index contributed by atoms with van der Waals surface area (Å²) >= 11 is 0. The van der Waals surface area contributed by atoms with E-state index in [0.717, 1.165) is 37.2 Å². The zero-order valence-corrected chi connectivity index (χ0v) is 21.9. The fourth-order valence-corrected chi connectivity index (χ4v) is 4.80. The number of carbonyl (C=O) groups excluding carboxylic acids is 2. The number of anilines is 3. The van der Waals surface area contributed by atoms with Crippen LogP contribution in [0.1, 0.15) is 27.0 Å². The number of fused-ring (bicyclic) bond motifs is 1. The number of amides is 3. The van der Waals surface area contributed by atoms with E-state index in [-0.39, 0.29) is 5.91 Å². The Labute approximate surface area is 228 Å². The normalized spacial score (nSPS) is 12.3. The molecule has 0 bridgehead atoms. The van der Waals surface area contributed by atoms with Crippen molar-refractivity contribution < 1.29 is 14.3 Å². The summed E-state index contributed by atoms with van der Waals surface area (Å²) < 4.78 is 5.17. The van der Waals surface area contributed by atoms with Crippen molar-refractivity contribution in [2.24, 2.45) is 0 Å². The fourth-order valence-electron chi connectivity index (χ4n) is 4.80. The molecule has 39 heavy (non-hydrogen) atoms. The van der Waals surface area contributed by atoms with Crippen LogP contribution in [0.15, 0.2) is 97.1 Å². The van der Waals surface area contributed by atoms with Crippen molar-refractivity contribution in [3.63, 3.8) is 0 Å². The Bertz CT molecular complexity index is 1440. The standard InChI is InChI=1S/C32H32N4O3/c1-39-28-14-11-26(12-15-28)34-32(38)35-27-13-16-30(36-20-18-24-9-5-6-10-25(24)22-36)29(21-27)31(37)33-19-17-23-7-3-2-4-8-23/h2-16,21H,17-20,22H2,1H3,(H,33,37)(H2,34,35,38). The van der Waals surface area contributed by atoms with Crippen LogP contribution in [0.5, 0.6) is 5.75 Å². The van der Waals surface area contributed by atoms with Gasteiger partial charge in [0.05, 0.1) is 12.7 Å². The van der Waals surface area contributed by atoms with Crippen molar-refractivity contribution in [2.75, 3.05) is 35.7 Å². The summed E-state index contributed by atoms with van der Waals surface area (Å²) in [6, 6.07) is 30.7. The highest BCUT2D eigenvalue weighted by Crippen LogP contribution is 2.30. The van der Waals surface area contributed by atoms with Crippen molar-refractivity contribution in [3.8, 4) is 5.75 Å². The highest BCUT2D eigenvalue weighted by molar-refractivity contribution is 6.04. The third kappa shape index (κ3) is 6.57. The third-order valence-electron chi connectivity index (χ3n) is 6.86. The second kappa shape index (κ2) is 12.2. The first kappa shape index (κ1) is 25.9. The number of carbonyl (C=O) groups is 2. The molecule has 0 saturated heterocycles. The molecule has 4 aromatic carbocycles. The molecule has 198 valence electrons. The predicted molar refractivity (Wildman–Crippen MR) is 156 cm³/mol. The second-order valence-electron chi connectivity index (χ2n) is 9.47. The number of benzene rings is 4. The van der Waals surface area contributed by atoms with Crippen molar-refractivity contribution in [1.82, 2.24) is 5.32 Å². The number of ether oxygens (including phenoxy) is 1. The molecule has 0 unspecified atom stereocenters. The third-order valence-corrected chi connectivity index (χ3v) is 6.86. The first-order valence-corrected chi connectivity index (χ1v) is 13.1. The monoisotopic (exact) mass is 520 g/mol. The molecule has 7 nitrogen and oxygen atoms in total. The van der Waals surface area contributed by atoms with Crippen LogP contribution >= 0.6 is 0 Å². The van der Waals surface area contributed by atoms with E-state index >= 15 is 0 Å². The van der Waals surface area contributed by atoms with Gasteiger partial charge in [0.1, 0.15) is 5.75 Å². The Kier molecular flexibility index (Phi) is 8.07. The summed E-state index contributed by atoms with van der Waals surface area (Å²) in [7, 11) is 1.59. The van der Waals surface area contributed by atoms with Crippen LogP contribution in [0.25, 0.3) is 0 Å². The maximum Gasteiger partial charge on any atom is 0.323 e. The number of hydrogen-bond acceptors (Lipinski definition) is 4. The molecule has 0 aromatic heterocycles. The first-order valence-electron chi connectivity index (χ1n) is 13.1. The average molecular weight is 521 g/mol. The predicted octanol–water partition coefficient (Wildman–Crippen LogP) is 5.87. The van der Waals surface area contributed by atoms with Crippen LogP contribution < -0.4 is 25.6 Å². The van der Waals surface area contributed by atoms with Crippen LogP contribution in [-0.2, 0) is 19.4 Å². The van der Waals surface area contributed by atoms with Gasteiger partial charge in [-0.2, -0.15) is 0 Å². The number of nitrogens with zero attached hydrogens (tertiary/aromatic N) is 1. The molecule has 1 aliphatic heterocycles. The van der Waals surface area contributed by atoms with E-state index in [1.807, 2.05) is 36.4 Å². The molecule has 3 amide bonds. The first-order chi connectivity index (χ1) is 19.1. The zero-order chi connectivity index (χ0) is 27.0. The number of nitrogens with one attached hydrogen (secondary N) is 3. The van der Waals surface area contributed by atoms with Crippen LogP contribution in [0.4, 0.5) is 21.9 Å². The number of methoxy groups -OCH3 is 1. The van der Waals surface area contributed by atoms with Crippen LogP contribution in [0.2, 0.25) is 0 Å². The Hall–Kier alpha value is -4.78. The highest BCUT2D eigenvalue weighted by Gasteiger charge is 2.22. The summed E-state index contributed by atoms with van der Waals surface area (Å²) in [5.41, 5.74) is 6.33. The van der Waals surface area contributed by atoms with Crippen molar-refractivity contribution >= 4 is 29.0 Å². The molecule has 4 aromatic rings. The van der Waals surface area contributed by atoms with E-state index in [1.165, 1.54) is 11.1 Å². The van der Waals surface area contributed by atoms with Crippen molar-refractivity contribution in [1.29, 1.82) is 0 Å². The number of hydrogen-bond donors (Lipinski definition) is 3. The molecule has 0 atom stereocenters. The lowest BCUT2D eigenvalue weighted by atomic mass is 9.98. The summed E-state index contributed by atoms with van der Waals surface area (Å²) in [6.45, 7) is 2.05. The number of urea groups is 1. The van der Waals surface area contributed by atoms with E-state index in [0.29, 0.717) is 29.2 Å². The molecule has 1 heterocycles. The fraction of sp³-hybridized carbons (Fsp3) is 0.188. The summed E-state index contributed by atoms with van der Waals surface area (Å²) in [4.78, 5) is 28.4. The Morgan fingerprint density at radius 3 is 2.28 bits per heavy atom. The van der Waals surface area contributed by atoms with E-state index in [1.54, 1.807) is 37.4 Å². The Balaban J connectivity index is 1.33. The smallest absolute Gasteiger partial charge is 0.323 e. The molecule has 1 aliphatic rings. The van der Waals surface area contributed by atoms with Gasteiger partial charge in [-0.25, -0.2) is 4.79 Å². The minimum atomic E-state index is -0.393. The van der Waals surface area contributed by atoms with Gasteiger partial charge in [-0.1, -0.05) is 54.6 Å². The van der Waals surface area contributed by atoms with E-state index in [9.17, 15) is 9.59 Å². The SMILES string of the molecule is COc1ccc(NC(=O)Nc2ccc(N3CCc4ccccc4C3)c(C(=O)NCCc3ccccc3)c2)cc1. The van der Waals surface area contributed by atoms with Gasteiger partial charge < -0.3 is 25.6 Å². The number of rotatable bonds is 8. The van der Waals surface area contributed by atoms with Crippen molar-refractivity contribution in [2.45, 2.75) is 19.4 Å². The lowest BCUT2D eigenvalue weighted by molar-refractivity contribution is 0.0954. The molecule has 7 heteroatoms. The molecule has 5 rings (SSSR count). The van der Waals surface area contributed by atoms with Gasteiger partial charge in [-0.3, -0.25) is 4.79 Å². The summed E-state index contributed by atoms with van der Waals surface area (Å²) in [5.74, 6) is 0.541. The van der Waals surface area contributed by atoms with Gasteiger partial charge in [0.25, 0.3) is 5.91 Å². The lowest BCUT2D eigenvalue weighted by Crippen LogP contribution is -2.33. The molecule has 0 fully saturated rings. The second-order valence-corrected chi connectivity index (χ2v) is 9.47. The zero-order valence-electron chi connectivity index (χ0n) is 21.9. The largest absolute Gasteiger partial charge is 0.497 e. The molecule has 0 spiro atoms. The van der Waals surface area contributed by atoms with Crippen LogP contribution in [0, 0.1) is 0 Å². The van der Waals surface area contributed by atoms with Gasteiger partial charge in [-0.15, -0.1) is 0 Å². The van der Waals surface area contributed by atoms with E-state index in [4.69, 9.17) is 4.74 Å². The molecule has 0 saturated carbocycles. The molecular weight excluding hydrogens is 488 g/mol. The summed E-state index contributed by atoms with van der Waals surface area (Å²) in [6.07, 6.45) is 1.65. The van der Waals surface area contributed by atoms with Gasteiger partial charge in [0, 0.05) is 36.7 Å². The van der Waals surface area contributed by atoms with Crippen molar-refractivity contribution in [3.05, 3.63) is 119 Å². The van der Waals surface area contributed by atoms with Gasteiger partial charge in [0.2, 0.25) is 0 Å². The molecule has 0 radical (unpaired) electrons. The summed E-state index contributed by atoms with van der Waals surface area (Å²) in [5, 5.41) is 8.75. The Morgan fingerprint density at radius 2 is 1.51 bits per heavy atom. The highest BCUT2D eigenvalue weighted by atomic mass is 16.5. The molecule has 0 aliphatic carbocycles. The minimum absolute atomic E-state index is 0.168. The quantitative estimate of drug-likeness (QED) is 0.271. The Morgan fingerprint density at radius 1 is 0.821 bits per heavy atom. The topological polar surface area (TPSA) is 82.7 Å². The lowest BCUT2D eigenvalue weighted by Gasteiger charge is -2.32. The van der Waals surface area contributed by atoms with Gasteiger partial charge in [0.15, 0.2) is 0 Å². The average Bonchev–Trinajstić information content (AvgIpc) is 2.97. The molecule has 3 N–H and O–H groups in total. The molecular formula is C32H32N4O3. The van der Waals surface area contributed by atoms with Gasteiger partial charge in [-0.05, 0) is 72.0 Å². The van der Waals surface area contributed by atoms with E-state index < -0.39 is 6.03 Å². The maximum absolute atomic E-state index is 13.5. The van der Waals surface area contributed by atoms with Gasteiger partial charge >= 0.3 is 6.03 Å². The van der Waals surface area contributed by atoms with Crippen LogP contribution in [-0.4, -0.2) is 32.1 Å².